The van der Waals surface area contributed by atoms with Gasteiger partial charge in [-0.15, -0.1) is 0 Å². The molecule has 5 rings (SSSR count). The van der Waals surface area contributed by atoms with Crippen LogP contribution in [0.25, 0.3) is 17.4 Å². The SMILES string of the molecule is CCOC(=O)C1=C(C)N=c2sc(=Cc3ccc(-c4ccc(C)c([N+](=O)[O-])c4)o3)c(=O)n2C1c1ccc(OC(C)C)c(OC)c1. The lowest BCUT2D eigenvalue weighted by molar-refractivity contribution is -0.385. The standard InChI is InChI=1S/C32H31N3O8S/c1-7-41-31(37)28-19(5)33-32-34(29(28)21-10-12-25(42-17(2)3)26(15-21)40-6)30(36)27(44-32)16-22-11-13-24(43-22)20-9-8-18(4)23(14-20)35(38)39/h8-17,29H,7H2,1-6H3. The number of nitro groups is 1. The largest absolute Gasteiger partial charge is 0.493 e. The highest BCUT2D eigenvalue weighted by Crippen LogP contribution is 2.36. The Morgan fingerprint density at radius 3 is 2.61 bits per heavy atom. The number of carbonyl (C=O) groups excluding carboxylic acids is 1. The van der Waals surface area contributed by atoms with Crippen LogP contribution in [-0.2, 0) is 9.53 Å². The van der Waals surface area contributed by atoms with Gasteiger partial charge in [0.05, 0.1) is 46.6 Å². The number of nitrogens with zero attached hydrogens (tertiary/aromatic N) is 3. The molecule has 0 radical (unpaired) electrons. The second-order valence-corrected chi connectivity index (χ2v) is 11.3. The van der Waals surface area contributed by atoms with Crippen LogP contribution < -0.4 is 24.4 Å². The van der Waals surface area contributed by atoms with E-state index in [1.807, 2.05) is 13.8 Å². The van der Waals surface area contributed by atoms with Crippen molar-refractivity contribution in [2.45, 2.75) is 46.8 Å². The van der Waals surface area contributed by atoms with Gasteiger partial charge in [0, 0.05) is 23.3 Å². The monoisotopic (exact) mass is 617 g/mol. The Labute approximate surface area is 256 Å². The van der Waals surface area contributed by atoms with E-state index in [-0.39, 0.29) is 29.5 Å². The highest BCUT2D eigenvalue weighted by molar-refractivity contribution is 7.07. The number of rotatable bonds is 9. The van der Waals surface area contributed by atoms with E-state index in [0.717, 1.165) is 11.3 Å². The zero-order valence-corrected chi connectivity index (χ0v) is 25.9. The predicted octanol–water partition coefficient (Wildman–Crippen LogP) is 5.07. The molecule has 44 heavy (non-hydrogen) atoms. The summed E-state index contributed by atoms with van der Waals surface area (Å²) < 4.78 is 24.6. The molecule has 1 atom stereocenters. The fourth-order valence-corrected chi connectivity index (χ4v) is 6.01. The Morgan fingerprint density at radius 2 is 1.93 bits per heavy atom. The van der Waals surface area contributed by atoms with Crippen LogP contribution in [0.1, 0.15) is 50.6 Å². The lowest BCUT2D eigenvalue weighted by Crippen LogP contribution is -2.40. The maximum absolute atomic E-state index is 14.0. The van der Waals surface area contributed by atoms with E-state index in [1.165, 1.54) is 17.7 Å². The predicted molar refractivity (Wildman–Crippen MR) is 165 cm³/mol. The Balaban J connectivity index is 1.63. The zero-order chi connectivity index (χ0) is 31.7. The molecule has 1 aliphatic heterocycles. The van der Waals surface area contributed by atoms with Crippen molar-refractivity contribution in [3.8, 4) is 22.8 Å². The summed E-state index contributed by atoms with van der Waals surface area (Å²) in [6.07, 6.45) is 1.50. The van der Waals surface area contributed by atoms with Crippen LogP contribution in [0.4, 0.5) is 5.69 Å². The maximum Gasteiger partial charge on any atom is 0.338 e. The van der Waals surface area contributed by atoms with Gasteiger partial charge < -0.3 is 18.6 Å². The first-order valence-electron chi connectivity index (χ1n) is 13.9. The average molecular weight is 618 g/mol. The summed E-state index contributed by atoms with van der Waals surface area (Å²) in [4.78, 5) is 43.2. The molecule has 3 heterocycles. The molecule has 0 spiro atoms. The fourth-order valence-electron chi connectivity index (χ4n) is 4.99. The van der Waals surface area contributed by atoms with Crippen molar-refractivity contribution in [2.24, 2.45) is 4.99 Å². The zero-order valence-electron chi connectivity index (χ0n) is 25.1. The number of furan rings is 1. The normalized spacial score (nSPS) is 14.8. The molecule has 0 N–H and O–H groups in total. The van der Waals surface area contributed by atoms with Gasteiger partial charge in [-0.3, -0.25) is 19.5 Å². The van der Waals surface area contributed by atoms with E-state index in [2.05, 4.69) is 4.99 Å². The number of nitro benzene ring substituents is 1. The van der Waals surface area contributed by atoms with Crippen LogP contribution in [0.3, 0.4) is 0 Å². The molecule has 1 unspecified atom stereocenters. The van der Waals surface area contributed by atoms with Crippen molar-refractivity contribution < 1.29 is 28.3 Å². The number of aromatic nitrogens is 1. The summed E-state index contributed by atoms with van der Waals surface area (Å²) >= 11 is 1.16. The van der Waals surface area contributed by atoms with E-state index in [1.54, 1.807) is 69.3 Å². The molecule has 4 aromatic rings. The topological polar surface area (TPSA) is 135 Å². The highest BCUT2D eigenvalue weighted by atomic mass is 32.1. The smallest absolute Gasteiger partial charge is 0.338 e. The number of allylic oxidation sites excluding steroid dienone is 1. The second kappa shape index (κ2) is 12.3. The molecule has 0 saturated carbocycles. The Bertz CT molecular complexity index is 1980. The lowest BCUT2D eigenvalue weighted by atomic mass is 9.95. The Hall–Kier alpha value is -4.97. The van der Waals surface area contributed by atoms with Crippen LogP contribution in [0, 0.1) is 17.0 Å². The van der Waals surface area contributed by atoms with Crippen LogP contribution in [0.5, 0.6) is 11.5 Å². The third-order valence-electron chi connectivity index (χ3n) is 6.97. The molecule has 228 valence electrons. The summed E-state index contributed by atoms with van der Waals surface area (Å²) in [5.74, 6) is 1.21. The number of ether oxygens (including phenoxy) is 3. The number of fused-ring (bicyclic) bond motifs is 1. The summed E-state index contributed by atoms with van der Waals surface area (Å²) in [7, 11) is 1.53. The number of aryl methyl sites for hydroxylation is 1. The summed E-state index contributed by atoms with van der Waals surface area (Å²) in [6, 6.07) is 12.7. The molecule has 12 heteroatoms. The van der Waals surface area contributed by atoms with E-state index >= 15 is 0 Å². The van der Waals surface area contributed by atoms with Crippen molar-refractivity contribution >= 4 is 29.1 Å². The van der Waals surface area contributed by atoms with Gasteiger partial charge in [-0.25, -0.2) is 9.79 Å². The number of esters is 1. The number of benzene rings is 2. The average Bonchev–Trinajstić information content (AvgIpc) is 3.56. The molecular weight excluding hydrogens is 586 g/mol. The molecular formula is C32H31N3O8S. The van der Waals surface area contributed by atoms with Crippen molar-refractivity contribution in [1.82, 2.24) is 4.57 Å². The van der Waals surface area contributed by atoms with E-state index in [0.29, 0.717) is 54.7 Å². The van der Waals surface area contributed by atoms with Gasteiger partial charge in [0.15, 0.2) is 16.3 Å². The molecule has 0 amide bonds. The van der Waals surface area contributed by atoms with Crippen LogP contribution in [0.15, 0.2) is 74.0 Å². The van der Waals surface area contributed by atoms with Crippen molar-refractivity contribution in [2.75, 3.05) is 13.7 Å². The summed E-state index contributed by atoms with van der Waals surface area (Å²) in [5.41, 5.74) is 1.98. The van der Waals surface area contributed by atoms with E-state index < -0.39 is 16.9 Å². The molecule has 2 aromatic heterocycles. The first kappa shape index (κ1) is 30.5. The number of hydrogen-bond acceptors (Lipinski definition) is 10. The molecule has 1 aliphatic rings. The van der Waals surface area contributed by atoms with Gasteiger partial charge in [0.2, 0.25) is 0 Å². The van der Waals surface area contributed by atoms with Gasteiger partial charge in [0.25, 0.3) is 11.2 Å². The minimum Gasteiger partial charge on any atom is -0.493 e. The quantitative estimate of drug-likeness (QED) is 0.144. The fraction of sp³-hybridized carbons (Fsp3) is 0.281. The molecule has 0 saturated heterocycles. The third kappa shape index (κ3) is 5.80. The molecule has 0 bridgehead atoms. The first-order chi connectivity index (χ1) is 21.0. The second-order valence-electron chi connectivity index (χ2n) is 10.3. The van der Waals surface area contributed by atoms with Gasteiger partial charge in [0.1, 0.15) is 11.5 Å². The Kier molecular flexibility index (Phi) is 8.54. The minimum absolute atomic E-state index is 0.0121. The van der Waals surface area contributed by atoms with Crippen molar-refractivity contribution in [1.29, 1.82) is 0 Å². The maximum atomic E-state index is 14.0. The Morgan fingerprint density at radius 1 is 1.16 bits per heavy atom. The molecule has 2 aromatic carbocycles. The molecule has 11 nitrogen and oxygen atoms in total. The summed E-state index contributed by atoms with van der Waals surface area (Å²) in [6.45, 7) is 9.06. The number of carbonyl (C=O) groups is 1. The highest BCUT2D eigenvalue weighted by Gasteiger charge is 2.34. The first-order valence-corrected chi connectivity index (χ1v) is 14.7. The third-order valence-corrected chi connectivity index (χ3v) is 7.96. The van der Waals surface area contributed by atoms with Gasteiger partial charge in [-0.05, 0) is 64.4 Å². The van der Waals surface area contributed by atoms with E-state index in [4.69, 9.17) is 18.6 Å². The van der Waals surface area contributed by atoms with Crippen LogP contribution in [0.2, 0.25) is 0 Å². The summed E-state index contributed by atoms with van der Waals surface area (Å²) in [5, 5.41) is 11.4. The van der Waals surface area contributed by atoms with Crippen molar-refractivity contribution in [3.63, 3.8) is 0 Å². The van der Waals surface area contributed by atoms with Gasteiger partial charge in [-0.2, -0.15) is 0 Å². The van der Waals surface area contributed by atoms with Crippen LogP contribution in [-0.4, -0.2) is 35.3 Å². The van der Waals surface area contributed by atoms with Crippen LogP contribution >= 0.6 is 11.3 Å². The molecule has 0 fully saturated rings. The lowest BCUT2D eigenvalue weighted by Gasteiger charge is -2.25. The minimum atomic E-state index is -0.838. The number of hydrogen-bond donors (Lipinski definition) is 0. The van der Waals surface area contributed by atoms with E-state index in [9.17, 15) is 19.7 Å². The molecule has 0 aliphatic carbocycles. The van der Waals surface area contributed by atoms with Gasteiger partial charge in [-0.1, -0.05) is 29.5 Å². The number of thiazole rings is 1. The van der Waals surface area contributed by atoms with Gasteiger partial charge >= 0.3 is 5.97 Å². The van der Waals surface area contributed by atoms with Crippen molar-refractivity contribution in [3.05, 3.63) is 106 Å². The number of methoxy groups -OCH3 is 1.